The summed E-state index contributed by atoms with van der Waals surface area (Å²) in [6.45, 7) is 2.81. The van der Waals surface area contributed by atoms with Gasteiger partial charge < -0.3 is 5.32 Å². The van der Waals surface area contributed by atoms with Crippen molar-refractivity contribution < 1.29 is 8.78 Å². The van der Waals surface area contributed by atoms with Crippen LogP contribution in [-0.4, -0.2) is 6.54 Å². The molecule has 2 aromatic rings. The van der Waals surface area contributed by atoms with Crippen molar-refractivity contribution in [3.63, 3.8) is 0 Å². The van der Waals surface area contributed by atoms with Crippen LogP contribution in [-0.2, 0) is 6.42 Å². The average Bonchev–Trinajstić information content (AvgIpc) is 2.91. The third kappa shape index (κ3) is 3.85. The molecule has 1 nitrogen and oxygen atoms in total. The van der Waals surface area contributed by atoms with Gasteiger partial charge in [0.2, 0.25) is 0 Å². The van der Waals surface area contributed by atoms with Gasteiger partial charge in [-0.15, -0.1) is 0 Å². The molecule has 0 spiro atoms. The van der Waals surface area contributed by atoms with Gasteiger partial charge in [-0.3, -0.25) is 0 Å². The van der Waals surface area contributed by atoms with Gasteiger partial charge in [0, 0.05) is 6.04 Å². The van der Waals surface area contributed by atoms with Crippen LogP contribution in [0.1, 0.15) is 30.5 Å². The maximum atomic E-state index is 13.3. The normalized spacial score (nSPS) is 12.6. The zero-order valence-electron chi connectivity index (χ0n) is 10.8. The van der Waals surface area contributed by atoms with Crippen molar-refractivity contribution in [2.24, 2.45) is 0 Å². The number of thiophene rings is 1. The Morgan fingerprint density at radius 1 is 1.21 bits per heavy atom. The van der Waals surface area contributed by atoms with E-state index in [1.54, 1.807) is 17.4 Å². The summed E-state index contributed by atoms with van der Waals surface area (Å²) in [6, 6.07) is 6.29. The van der Waals surface area contributed by atoms with Crippen LogP contribution in [0.3, 0.4) is 0 Å². The standard InChI is InChI=1S/C15H17F2NS/c1-2-18-15(6-3-11-7-8-19-10-11)12-4-5-13(16)14(17)9-12/h4-5,7-10,15,18H,2-3,6H2,1H3. The summed E-state index contributed by atoms with van der Waals surface area (Å²) >= 11 is 1.67. The van der Waals surface area contributed by atoms with Crippen molar-refractivity contribution in [2.45, 2.75) is 25.8 Å². The highest BCUT2D eigenvalue weighted by Crippen LogP contribution is 2.22. The summed E-state index contributed by atoms with van der Waals surface area (Å²) in [7, 11) is 0. The number of rotatable bonds is 6. The van der Waals surface area contributed by atoms with Crippen molar-refractivity contribution in [3.05, 3.63) is 57.8 Å². The van der Waals surface area contributed by atoms with Crippen molar-refractivity contribution in [1.82, 2.24) is 5.32 Å². The number of aryl methyl sites for hydroxylation is 1. The summed E-state index contributed by atoms with van der Waals surface area (Å²) in [5, 5.41) is 7.49. The smallest absolute Gasteiger partial charge is 0.159 e. The molecule has 1 heterocycles. The van der Waals surface area contributed by atoms with E-state index >= 15 is 0 Å². The number of hydrogen-bond acceptors (Lipinski definition) is 2. The molecule has 2 rings (SSSR count). The van der Waals surface area contributed by atoms with Crippen LogP contribution in [0.25, 0.3) is 0 Å². The molecule has 0 aliphatic carbocycles. The lowest BCUT2D eigenvalue weighted by Gasteiger charge is -2.18. The first-order chi connectivity index (χ1) is 9.20. The molecule has 0 aliphatic heterocycles. The number of nitrogens with one attached hydrogen (secondary N) is 1. The largest absolute Gasteiger partial charge is 0.310 e. The van der Waals surface area contributed by atoms with Crippen molar-refractivity contribution in [3.8, 4) is 0 Å². The minimum Gasteiger partial charge on any atom is -0.310 e. The third-order valence-corrected chi connectivity index (χ3v) is 3.83. The Morgan fingerprint density at radius 3 is 2.68 bits per heavy atom. The van der Waals surface area contributed by atoms with Gasteiger partial charge in [0.1, 0.15) is 0 Å². The van der Waals surface area contributed by atoms with Gasteiger partial charge in [0.25, 0.3) is 0 Å². The van der Waals surface area contributed by atoms with Crippen LogP contribution < -0.4 is 5.32 Å². The maximum absolute atomic E-state index is 13.3. The van der Waals surface area contributed by atoms with Gasteiger partial charge in [0.15, 0.2) is 11.6 Å². The summed E-state index contributed by atoms with van der Waals surface area (Å²) in [5.74, 6) is -1.58. The Morgan fingerprint density at radius 2 is 2.05 bits per heavy atom. The highest BCUT2D eigenvalue weighted by molar-refractivity contribution is 7.07. The molecular weight excluding hydrogens is 264 g/mol. The molecule has 4 heteroatoms. The van der Waals surface area contributed by atoms with Gasteiger partial charge in [-0.1, -0.05) is 13.0 Å². The molecule has 0 saturated heterocycles. The second-order valence-corrected chi connectivity index (χ2v) is 5.23. The first-order valence-corrected chi connectivity index (χ1v) is 7.34. The van der Waals surface area contributed by atoms with E-state index in [2.05, 4.69) is 22.1 Å². The molecule has 1 unspecified atom stereocenters. The van der Waals surface area contributed by atoms with Crippen LogP contribution in [0.4, 0.5) is 8.78 Å². The summed E-state index contributed by atoms with van der Waals surface area (Å²) in [5.41, 5.74) is 2.09. The maximum Gasteiger partial charge on any atom is 0.159 e. The molecule has 0 radical (unpaired) electrons. The van der Waals surface area contributed by atoms with Crippen LogP contribution in [0.2, 0.25) is 0 Å². The zero-order chi connectivity index (χ0) is 13.7. The molecule has 1 N–H and O–H groups in total. The first kappa shape index (κ1) is 14.2. The molecule has 1 aromatic heterocycles. The fourth-order valence-electron chi connectivity index (χ4n) is 2.11. The highest BCUT2D eigenvalue weighted by atomic mass is 32.1. The summed E-state index contributed by atoms with van der Waals surface area (Å²) in [6.07, 6.45) is 1.80. The Labute approximate surface area is 116 Å². The van der Waals surface area contributed by atoms with E-state index in [1.165, 1.54) is 17.7 Å². The van der Waals surface area contributed by atoms with Crippen LogP contribution >= 0.6 is 11.3 Å². The van der Waals surface area contributed by atoms with E-state index in [9.17, 15) is 8.78 Å². The summed E-state index contributed by atoms with van der Waals surface area (Å²) in [4.78, 5) is 0. The van der Waals surface area contributed by atoms with Crippen LogP contribution in [0.5, 0.6) is 0 Å². The molecular formula is C15H17F2NS. The fraction of sp³-hybridized carbons (Fsp3) is 0.333. The zero-order valence-corrected chi connectivity index (χ0v) is 11.6. The van der Waals surface area contributed by atoms with E-state index < -0.39 is 11.6 Å². The fourth-order valence-corrected chi connectivity index (χ4v) is 2.81. The van der Waals surface area contributed by atoms with Gasteiger partial charge in [-0.2, -0.15) is 11.3 Å². The highest BCUT2D eigenvalue weighted by Gasteiger charge is 2.13. The molecule has 19 heavy (non-hydrogen) atoms. The quantitative estimate of drug-likeness (QED) is 0.832. The van der Waals surface area contributed by atoms with Crippen LogP contribution in [0, 0.1) is 11.6 Å². The minimum atomic E-state index is -0.795. The minimum absolute atomic E-state index is 0.0556. The topological polar surface area (TPSA) is 12.0 Å². The lowest BCUT2D eigenvalue weighted by Crippen LogP contribution is -2.21. The van der Waals surface area contributed by atoms with Gasteiger partial charge in [-0.25, -0.2) is 8.78 Å². The van der Waals surface area contributed by atoms with Gasteiger partial charge >= 0.3 is 0 Å². The van der Waals surface area contributed by atoms with Gasteiger partial charge in [0.05, 0.1) is 0 Å². The van der Waals surface area contributed by atoms with Crippen molar-refractivity contribution in [1.29, 1.82) is 0 Å². The molecule has 0 amide bonds. The number of benzene rings is 1. The second-order valence-electron chi connectivity index (χ2n) is 4.45. The molecule has 0 fully saturated rings. The summed E-state index contributed by atoms with van der Waals surface area (Å²) < 4.78 is 26.3. The Bertz CT molecular complexity index is 511. The Kier molecular flexibility index (Phi) is 5.05. The lowest BCUT2D eigenvalue weighted by molar-refractivity contribution is 0.488. The SMILES string of the molecule is CCNC(CCc1ccsc1)c1ccc(F)c(F)c1. The third-order valence-electron chi connectivity index (χ3n) is 3.10. The van der Waals surface area contributed by atoms with E-state index in [0.717, 1.165) is 24.9 Å². The monoisotopic (exact) mass is 281 g/mol. The first-order valence-electron chi connectivity index (χ1n) is 6.40. The van der Waals surface area contributed by atoms with Crippen LogP contribution in [0.15, 0.2) is 35.0 Å². The molecule has 102 valence electrons. The Balaban J connectivity index is 2.07. The van der Waals surface area contributed by atoms with E-state index in [-0.39, 0.29) is 6.04 Å². The molecule has 1 aromatic carbocycles. The number of hydrogen-bond donors (Lipinski definition) is 1. The van der Waals surface area contributed by atoms with Gasteiger partial charge in [-0.05, 0) is 59.5 Å². The molecule has 0 aliphatic rings. The van der Waals surface area contributed by atoms with Crippen molar-refractivity contribution >= 4 is 11.3 Å². The van der Waals surface area contributed by atoms with Crippen molar-refractivity contribution in [2.75, 3.05) is 6.54 Å². The van der Waals surface area contributed by atoms with E-state index in [0.29, 0.717) is 0 Å². The molecule has 0 saturated carbocycles. The Hall–Kier alpha value is -1.26. The number of halogens is 2. The van der Waals surface area contributed by atoms with E-state index in [1.807, 2.05) is 6.92 Å². The second kappa shape index (κ2) is 6.78. The molecule has 1 atom stereocenters. The predicted octanol–water partition coefficient (Wildman–Crippen LogP) is 4.31. The average molecular weight is 281 g/mol. The predicted molar refractivity (Wildman–Crippen MR) is 75.4 cm³/mol. The molecule has 0 bridgehead atoms. The lowest BCUT2D eigenvalue weighted by atomic mass is 10.00. The van der Waals surface area contributed by atoms with E-state index in [4.69, 9.17) is 0 Å².